The van der Waals surface area contributed by atoms with Crippen molar-refractivity contribution in [3.63, 3.8) is 0 Å². The van der Waals surface area contributed by atoms with Gasteiger partial charge in [-0.2, -0.15) is 8.42 Å². The van der Waals surface area contributed by atoms with E-state index < -0.39 is 20.4 Å². The van der Waals surface area contributed by atoms with E-state index >= 15 is 0 Å². The van der Waals surface area contributed by atoms with E-state index in [0.29, 0.717) is 0 Å². The minimum Gasteiger partial charge on any atom is -0.240 e. The second-order valence-corrected chi connectivity index (χ2v) is 3.21. The Morgan fingerprint density at radius 3 is 2.27 bits per heavy atom. The third kappa shape index (κ3) is 1.84. The smallest absolute Gasteiger partial charge is 0.240 e. The Kier molecular flexibility index (Phi) is 2.05. The van der Waals surface area contributed by atoms with Crippen LogP contribution in [-0.2, 0) is 10.2 Å². The van der Waals surface area contributed by atoms with E-state index in [1.807, 2.05) is 0 Å². The zero-order chi connectivity index (χ0) is 8.48. The van der Waals surface area contributed by atoms with Crippen molar-refractivity contribution in [3.05, 3.63) is 17.5 Å². The summed E-state index contributed by atoms with van der Waals surface area (Å²) in [5, 5.41) is -1.31. The molecule has 1 aromatic rings. The molecule has 0 saturated heterocycles. The van der Waals surface area contributed by atoms with Crippen LogP contribution < -0.4 is 0 Å². The first-order valence-electron chi connectivity index (χ1n) is 2.43. The molecule has 60 valence electrons. The van der Waals surface area contributed by atoms with Crippen LogP contribution in [0.2, 0.25) is 5.15 Å². The molecule has 0 fully saturated rings. The van der Waals surface area contributed by atoms with Gasteiger partial charge in [0.15, 0.2) is 5.15 Å². The quantitative estimate of drug-likeness (QED) is 0.623. The SMILES string of the molecule is O=S(=O)(F)c1nccnc1Cl. The van der Waals surface area contributed by atoms with Crippen LogP contribution in [0.4, 0.5) is 3.89 Å². The third-order valence-corrected chi connectivity index (χ3v) is 2.00. The lowest BCUT2D eigenvalue weighted by molar-refractivity contribution is 0.547. The molecule has 11 heavy (non-hydrogen) atoms. The number of nitrogens with zero attached hydrogens (tertiary/aromatic N) is 2. The molecule has 7 heteroatoms. The lowest BCUT2D eigenvalue weighted by atomic mass is 10.8. The Morgan fingerprint density at radius 1 is 1.36 bits per heavy atom. The van der Waals surface area contributed by atoms with Crippen LogP contribution in [0.15, 0.2) is 17.4 Å². The van der Waals surface area contributed by atoms with Crippen molar-refractivity contribution in [2.24, 2.45) is 0 Å². The van der Waals surface area contributed by atoms with Crippen molar-refractivity contribution in [2.75, 3.05) is 0 Å². The molecule has 0 N–H and O–H groups in total. The molecular formula is C4H2ClFN2O2S. The van der Waals surface area contributed by atoms with Crippen molar-refractivity contribution in [1.29, 1.82) is 0 Å². The Labute approximate surface area is 67.3 Å². The molecule has 0 bridgehead atoms. The molecule has 1 heterocycles. The Balaban J connectivity index is 3.37. The zero-order valence-electron chi connectivity index (χ0n) is 5.03. The van der Waals surface area contributed by atoms with Crippen molar-refractivity contribution in [1.82, 2.24) is 9.97 Å². The van der Waals surface area contributed by atoms with Gasteiger partial charge in [0, 0.05) is 12.4 Å². The first kappa shape index (κ1) is 8.35. The number of rotatable bonds is 1. The summed E-state index contributed by atoms with van der Waals surface area (Å²) in [7, 11) is -4.84. The highest BCUT2D eigenvalue weighted by Crippen LogP contribution is 2.16. The number of halogens is 2. The van der Waals surface area contributed by atoms with Gasteiger partial charge in [0.25, 0.3) is 0 Å². The maximum Gasteiger partial charge on any atom is 0.352 e. The van der Waals surface area contributed by atoms with Crippen molar-refractivity contribution >= 4 is 21.8 Å². The number of hydrogen-bond acceptors (Lipinski definition) is 4. The van der Waals surface area contributed by atoms with E-state index in [-0.39, 0.29) is 0 Å². The van der Waals surface area contributed by atoms with E-state index in [9.17, 15) is 12.3 Å². The van der Waals surface area contributed by atoms with E-state index in [1.165, 1.54) is 0 Å². The van der Waals surface area contributed by atoms with Crippen LogP contribution >= 0.6 is 11.6 Å². The second-order valence-electron chi connectivity index (χ2n) is 1.59. The summed E-state index contributed by atoms with van der Waals surface area (Å²) in [6.45, 7) is 0. The molecule has 0 aromatic carbocycles. The van der Waals surface area contributed by atoms with Crippen molar-refractivity contribution < 1.29 is 12.3 Å². The van der Waals surface area contributed by atoms with Gasteiger partial charge in [-0.1, -0.05) is 15.5 Å². The highest BCUT2D eigenvalue weighted by atomic mass is 35.5. The summed E-state index contributed by atoms with van der Waals surface area (Å²) in [5.41, 5.74) is 0. The van der Waals surface area contributed by atoms with Crippen LogP contribution in [0.5, 0.6) is 0 Å². The average Bonchev–Trinajstić information content (AvgIpc) is 1.86. The molecular weight excluding hydrogens is 195 g/mol. The topological polar surface area (TPSA) is 59.9 Å². The second kappa shape index (κ2) is 2.71. The fourth-order valence-electron chi connectivity index (χ4n) is 0.472. The normalized spacial score (nSPS) is 11.5. The largest absolute Gasteiger partial charge is 0.352 e. The molecule has 1 rings (SSSR count). The van der Waals surface area contributed by atoms with E-state index in [4.69, 9.17) is 11.6 Å². The highest BCUT2D eigenvalue weighted by molar-refractivity contribution is 7.86. The summed E-state index contributed by atoms with van der Waals surface area (Å²) >= 11 is 5.22. The lowest BCUT2D eigenvalue weighted by Crippen LogP contribution is -1.97. The Bertz CT molecular complexity index is 366. The molecule has 0 unspecified atom stereocenters. The van der Waals surface area contributed by atoms with Gasteiger partial charge in [0.1, 0.15) is 0 Å². The molecule has 0 saturated carbocycles. The average molecular weight is 197 g/mol. The van der Waals surface area contributed by atoms with Crippen LogP contribution in [0.1, 0.15) is 0 Å². The van der Waals surface area contributed by atoms with Gasteiger partial charge in [0.2, 0.25) is 5.03 Å². The first-order valence-corrected chi connectivity index (χ1v) is 4.19. The van der Waals surface area contributed by atoms with Gasteiger partial charge < -0.3 is 0 Å². The van der Waals surface area contributed by atoms with Gasteiger partial charge in [-0.05, 0) is 0 Å². The predicted octanol–water partition coefficient (Wildman–Crippen LogP) is 0.788. The standard InChI is InChI=1S/C4H2ClFN2O2S/c5-3-4(11(6,9)10)8-2-1-7-3/h1-2H. The maximum atomic E-state index is 12.2. The summed E-state index contributed by atoms with van der Waals surface area (Å²) in [4.78, 5) is 6.52. The van der Waals surface area contributed by atoms with Crippen LogP contribution in [0, 0.1) is 0 Å². The summed E-state index contributed by atoms with van der Waals surface area (Å²) in [6, 6.07) is 0. The van der Waals surface area contributed by atoms with E-state index in [0.717, 1.165) is 12.4 Å². The summed E-state index contributed by atoms with van der Waals surface area (Å²) < 4.78 is 32.6. The minimum absolute atomic E-state index is 0.463. The molecule has 0 aliphatic heterocycles. The van der Waals surface area contributed by atoms with E-state index in [2.05, 4.69) is 9.97 Å². The maximum absolute atomic E-state index is 12.2. The molecule has 0 amide bonds. The summed E-state index contributed by atoms with van der Waals surface area (Å²) in [5.74, 6) is 0. The van der Waals surface area contributed by atoms with E-state index in [1.54, 1.807) is 0 Å². The number of aromatic nitrogens is 2. The van der Waals surface area contributed by atoms with Crippen LogP contribution in [0.3, 0.4) is 0 Å². The molecule has 0 radical (unpaired) electrons. The molecule has 4 nitrogen and oxygen atoms in total. The highest BCUT2D eigenvalue weighted by Gasteiger charge is 2.18. The van der Waals surface area contributed by atoms with Gasteiger partial charge in [-0.3, -0.25) is 0 Å². The van der Waals surface area contributed by atoms with Crippen molar-refractivity contribution in [3.8, 4) is 0 Å². The lowest BCUT2D eigenvalue weighted by Gasteiger charge is -1.93. The molecule has 1 aromatic heterocycles. The van der Waals surface area contributed by atoms with Gasteiger partial charge >= 0.3 is 10.2 Å². The summed E-state index contributed by atoms with van der Waals surface area (Å²) in [6.07, 6.45) is 2.20. The number of hydrogen-bond donors (Lipinski definition) is 0. The Hall–Kier alpha value is -0.750. The fraction of sp³-hybridized carbons (Fsp3) is 0. The zero-order valence-corrected chi connectivity index (χ0v) is 6.60. The molecule has 0 aliphatic carbocycles. The first-order chi connectivity index (χ1) is 5.02. The molecule has 0 spiro atoms. The van der Waals surface area contributed by atoms with Gasteiger partial charge in [0.05, 0.1) is 0 Å². The van der Waals surface area contributed by atoms with Crippen LogP contribution in [0.25, 0.3) is 0 Å². The monoisotopic (exact) mass is 196 g/mol. The Morgan fingerprint density at radius 2 is 1.91 bits per heavy atom. The predicted molar refractivity (Wildman–Crippen MR) is 35.3 cm³/mol. The van der Waals surface area contributed by atoms with Gasteiger partial charge in [-0.25, -0.2) is 9.97 Å². The van der Waals surface area contributed by atoms with Crippen LogP contribution in [-0.4, -0.2) is 18.4 Å². The molecule has 0 atom stereocenters. The minimum atomic E-state index is -4.84. The van der Waals surface area contributed by atoms with Gasteiger partial charge in [-0.15, -0.1) is 0 Å². The third-order valence-electron chi connectivity index (χ3n) is 0.854. The van der Waals surface area contributed by atoms with Crippen molar-refractivity contribution in [2.45, 2.75) is 5.03 Å². The molecule has 0 aliphatic rings. The fourth-order valence-corrected chi connectivity index (χ4v) is 1.29.